The van der Waals surface area contributed by atoms with E-state index >= 15 is 0 Å². The second-order valence-electron chi connectivity index (χ2n) is 3.62. The zero-order valence-corrected chi connectivity index (χ0v) is 9.54. The third kappa shape index (κ3) is 4.33. The van der Waals surface area contributed by atoms with E-state index in [2.05, 4.69) is 16.9 Å². The number of ether oxygens (including phenoxy) is 1. The third-order valence-corrected chi connectivity index (χ3v) is 1.90. The first-order valence-corrected chi connectivity index (χ1v) is 5.03. The smallest absolute Gasteiger partial charge is 0.333 e. The standard InChI is InChI=1S/C10H15N3O4/c1-7(2)10(16)17-6-9(15)4-13-3-8(5-14)11-12-13/h3,9,14-15H,1,4-6H2,2H3. The van der Waals surface area contributed by atoms with Crippen LogP contribution in [-0.2, 0) is 22.7 Å². The Morgan fingerprint density at radius 2 is 2.41 bits per heavy atom. The van der Waals surface area contributed by atoms with Crippen LogP contribution in [0.4, 0.5) is 0 Å². The van der Waals surface area contributed by atoms with Crippen molar-refractivity contribution in [3.05, 3.63) is 24.0 Å². The lowest BCUT2D eigenvalue weighted by Crippen LogP contribution is -2.24. The van der Waals surface area contributed by atoms with E-state index in [9.17, 15) is 9.90 Å². The molecule has 7 nitrogen and oxygen atoms in total. The molecule has 0 aliphatic heterocycles. The summed E-state index contributed by atoms with van der Waals surface area (Å²) in [5, 5.41) is 25.6. The normalized spacial score (nSPS) is 12.2. The summed E-state index contributed by atoms with van der Waals surface area (Å²) in [7, 11) is 0. The summed E-state index contributed by atoms with van der Waals surface area (Å²) in [6, 6.07) is 0. The van der Waals surface area contributed by atoms with Gasteiger partial charge in [-0.1, -0.05) is 11.8 Å². The van der Waals surface area contributed by atoms with Crippen molar-refractivity contribution in [1.29, 1.82) is 0 Å². The Kier molecular flexibility index (Phi) is 4.80. The Balaban J connectivity index is 2.36. The molecule has 0 amide bonds. The zero-order chi connectivity index (χ0) is 12.8. The molecule has 1 unspecified atom stereocenters. The van der Waals surface area contributed by atoms with E-state index in [1.165, 1.54) is 17.8 Å². The van der Waals surface area contributed by atoms with Gasteiger partial charge in [-0.25, -0.2) is 9.48 Å². The van der Waals surface area contributed by atoms with Gasteiger partial charge >= 0.3 is 5.97 Å². The summed E-state index contributed by atoms with van der Waals surface area (Å²) in [6.07, 6.45) is 0.621. The van der Waals surface area contributed by atoms with Gasteiger partial charge in [0.1, 0.15) is 18.4 Å². The minimum Gasteiger partial charge on any atom is -0.460 e. The molecule has 1 rings (SSSR count). The van der Waals surface area contributed by atoms with Crippen LogP contribution in [0, 0.1) is 0 Å². The second kappa shape index (κ2) is 6.12. The van der Waals surface area contributed by atoms with Crippen molar-refractivity contribution in [1.82, 2.24) is 15.0 Å². The molecule has 0 bridgehead atoms. The summed E-state index contributed by atoms with van der Waals surface area (Å²) in [5.74, 6) is -0.543. The average molecular weight is 241 g/mol. The largest absolute Gasteiger partial charge is 0.460 e. The number of nitrogens with zero attached hydrogens (tertiary/aromatic N) is 3. The van der Waals surface area contributed by atoms with Gasteiger partial charge in [0.05, 0.1) is 19.3 Å². The zero-order valence-electron chi connectivity index (χ0n) is 9.54. The van der Waals surface area contributed by atoms with E-state index in [0.717, 1.165) is 0 Å². The van der Waals surface area contributed by atoms with E-state index in [0.29, 0.717) is 5.69 Å². The van der Waals surface area contributed by atoms with Crippen LogP contribution in [0.5, 0.6) is 0 Å². The number of aromatic nitrogens is 3. The topological polar surface area (TPSA) is 97.5 Å². The molecule has 1 aromatic rings. The van der Waals surface area contributed by atoms with Gasteiger partial charge in [-0.2, -0.15) is 0 Å². The highest BCUT2D eigenvalue weighted by molar-refractivity contribution is 5.86. The number of hydrogen-bond donors (Lipinski definition) is 2. The van der Waals surface area contributed by atoms with E-state index in [-0.39, 0.29) is 25.3 Å². The van der Waals surface area contributed by atoms with Gasteiger partial charge in [-0.3, -0.25) is 0 Å². The van der Waals surface area contributed by atoms with Crippen molar-refractivity contribution in [3.8, 4) is 0 Å². The Morgan fingerprint density at radius 3 is 2.94 bits per heavy atom. The molecule has 0 spiro atoms. The fourth-order valence-electron chi connectivity index (χ4n) is 1.06. The van der Waals surface area contributed by atoms with Crippen LogP contribution in [0.15, 0.2) is 18.3 Å². The fraction of sp³-hybridized carbons (Fsp3) is 0.500. The van der Waals surface area contributed by atoms with Crippen LogP contribution in [-0.4, -0.2) is 43.9 Å². The highest BCUT2D eigenvalue weighted by Gasteiger charge is 2.11. The monoisotopic (exact) mass is 241 g/mol. The Bertz CT molecular complexity index is 402. The number of hydrogen-bond acceptors (Lipinski definition) is 6. The Morgan fingerprint density at radius 1 is 1.71 bits per heavy atom. The predicted octanol–water partition coefficient (Wildman–Crippen LogP) is -0.749. The lowest BCUT2D eigenvalue weighted by molar-refractivity contribution is -0.142. The lowest BCUT2D eigenvalue weighted by atomic mass is 10.3. The quantitative estimate of drug-likeness (QED) is 0.502. The van der Waals surface area contributed by atoms with Gasteiger partial charge in [0.2, 0.25) is 0 Å². The van der Waals surface area contributed by atoms with Crippen molar-refractivity contribution in [2.45, 2.75) is 26.2 Å². The molecule has 0 saturated heterocycles. The number of carbonyl (C=O) groups excluding carboxylic acids is 1. The van der Waals surface area contributed by atoms with Crippen LogP contribution < -0.4 is 0 Å². The molecule has 0 fully saturated rings. The molecule has 1 heterocycles. The molecular weight excluding hydrogens is 226 g/mol. The summed E-state index contributed by atoms with van der Waals surface area (Å²) in [6.45, 7) is 4.74. The summed E-state index contributed by atoms with van der Waals surface area (Å²) in [5.41, 5.74) is 0.691. The molecule has 0 aromatic carbocycles. The van der Waals surface area contributed by atoms with Crippen LogP contribution in [0.25, 0.3) is 0 Å². The average Bonchev–Trinajstić information content (AvgIpc) is 2.73. The highest BCUT2D eigenvalue weighted by atomic mass is 16.5. The van der Waals surface area contributed by atoms with Crippen LogP contribution in [0.2, 0.25) is 0 Å². The predicted molar refractivity (Wildman–Crippen MR) is 57.7 cm³/mol. The SMILES string of the molecule is C=C(C)C(=O)OCC(O)Cn1cc(CO)nn1. The minimum absolute atomic E-state index is 0.135. The van der Waals surface area contributed by atoms with E-state index in [1.54, 1.807) is 0 Å². The summed E-state index contributed by atoms with van der Waals surface area (Å²) in [4.78, 5) is 11.0. The van der Waals surface area contributed by atoms with Crippen molar-refractivity contribution < 1.29 is 19.7 Å². The molecule has 0 aliphatic rings. The Hall–Kier alpha value is -1.73. The van der Waals surface area contributed by atoms with E-state index in [4.69, 9.17) is 9.84 Å². The maximum atomic E-state index is 11.0. The first-order valence-electron chi connectivity index (χ1n) is 5.03. The first-order chi connectivity index (χ1) is 8.02. The van der Waals surface area contributed by atoms with Crippen LogP contribution in [0.1, 0.15) is 12.6 Å². The molecule has 0 radical (unpaired) electrons. The number of rotatable bonds is 6. The number of aliphatic hydroxyl groups is 2. The number of carbonyl (C=O) groups is 1. The molecule has 0 aliphatic carbocycles. The van der Waals surface area contributed by atoms with Crippen LogP contribution >= 0.6 is 0 Å². The molecule has 17 heavy (non-hydrogen) atoms. The van der Waals surface area contributed by atoms with Crippen molar-refractivity contribution in [3.63, 3.8) is 0 Å². The van der Waals surface area contributed by atoms with Gasteiger partial charge in [0.25, 0.3) is 0 Å². The van der Waals surface area contributed by atoms with Gasteiger partial charge in [-0.15, -0.1) is 5.10 Å². The van der Waals surface area contributed by atoms with E-state index < -0.39 is 12.1 Å². The van der Waals surface area contributed by atoms with E-state index in [1.807, 2.05) is 0 Å². The molecule has 7 heteroatoms. The van der Waals surface area contributed by atoms with Crippen LogP contribution in [0.3, 0.4) is 0 Å². The molecule has 2 N–H and O–H groups in total. The van der Waals surface area contributed by atoms with Gasteiger partial charge in [-0.05, 0) is 6.92 Å². The summed E-state index contributed by atoms with van der Waals surface area (Å²) >= 11 is 0. The van der Waals surface area contributed by atoms with Crippen molar-refractivity contribution >= 4 is 5.97 Å². The fourth-order valence-corrected chi connectivity index (χ4v) is 1.06. The molecule has 1 aromatic heterocycles. The first kappa shape index (κ1) is 13.3. The Labute approximate surface area is 98.3 Å². The highest BCUT2D eigenvalue weighted by Crippen LogP contribution is 1.98. The maximum Gasteiger partial charge on any atom is 0.333 e. The molecule has 94 valence electrons. The number of esters is 1. The summed E-state index contributed by atoms with van der Waals surface area (Å²) < 4.78 is 6.14. The molecular formula is C10H15N3O4. The second-order valence-corrected chi connectivity index (χ2v) is 3.62. The lowest BCUT2D eigenvalue weighted by Gasteiger charge is -2.10. The minimum atomic E-state index is -0.883. The van der Waals surface area contributed by atoms with Gasteiger partial charge < -0.3 is 14.9 Å². The van der Waals surface area contributed by atoms with Crippen molar-refractivity contribution in [2.24, 2.45) is 0 Å². The molecule has 1 atom stereocenters. The third-order valence-electron chi connectivity index (χ3n) is 1.90. The van der Waals surface area contributed by atoms with Gasteiger partial charge in [0.15, 0.2) is 0 Å². The van der Waals surface area contributed by atoms with Gasteiger partial charge in [0, 0.05) is 5.57 Å². The maximum absolute atomic E-state index is 11.0. The van der Waals surface area contributed by atoms with Crippen molar-refractivity contribution in [2.75, 3.05) is 6.61 Å². The molecule has 0 saturated carbocycles. The number of aliphatic hydroxyl groups excluding tert-OH is 2.